The second kappa shape index (κ2) is 9.11. The molecule has 1 unspecified atom stereocenters. The number of nitrogens with zero attached hydrogens (tertiary/aromatic N) is 4. The Bertz CT molecular complexity index is 1220. The van der Waals surface area contributed by atoms with Crippen LogP contribution in [0.3, 0.4) is 0 Å². The maximum atomic E-state index is 13.0. The molecular formula is C23H19F3N6O. The number of halogens is 3. The van der Waals surface area contributed by atoms with Crippen molar-refractivity contribution < 1.29 is 18.0 Å². The molecule has 0 spiro atoms. The molecular weight excluding hydrogens is 433 g/mol. The summed E-state index contributed by atoms with van der Waals surface area (Å²) >= 11 is 0. The average Bonchev–Trinajstić information content (AvgIpc) is 3.31. The summed E-state index contributed by atoms with van der Waals surface area (Å²) in [5.74, 6) is -0.922. The van der Waals surface area contributed by atoms with Crippen LogP contribution < -0.4 is 10.6 Å². The zero-order valence-corrected chi connectivity index (χ0v) is 17.4. The van der Waals surface area contributed by atoms with Crippen molar-refractivity contribution in [3.8, 4) is 16.9 Å². The van der Waals surface area contributed by atoms with E-state index in [0.29, 0.717) is 11.5 Å². The lowest BCUT2D eigenvalue weighted by atomic mass is 10.1. The second-order valence-electron chi connectivity index (χ2n) is 7.18. The number of pyridine rings is 2. The summed E-state index contributed by atoms with van der Waals surface area (Å²) in [4.78, 5) is 24.2. The van der Waals surface area contributed by atoms with Crippen molar-refractivity contribution in [2.75, 3.05) is 10.6 Å². The monoisotopic (exact) mass is 452 g/mol. The van der Waals surface area contributed by atoms with E-state index >= 15 is 0 Å². The number of aromatic nitrogens is 4. The molecule has 4 aromatic rings. The number of imidazole rings is 1. The van der Waals surface area contributed by atoms with Crippen LogP contribution in [-0.4, -0.2) is 31.5 Å². The van der Waals surface area contributed by atoms with Crippen molar-refractivity contribution in [3.63, 3.8) is 0 Å². The van der Waals surface area contributed by atoms with Gasteiger partial charge >= 0.3 is 6.18 Å². The number of anilines is 2. The van der Waals surface area contributed by atoms with Gasteiger partial charge in [-0.1, -0.05) is 30.3 Å². The maximum Gasteiger partial charge on any atom is 0.450 e. The number of rotatable bonds is 6. The van der Waals surface area contributed by atoms with E-state index in [-0.39, 0.29) is 11.7 Å². The molecule has 0 radical (unpaired) electrons. The summed E-state index contributed by atoms with van der Waals surface area (Å²) in [5.41, 5.74) is 2.42. The molecule has 0 aliphatic rings. The molecule has 168 valence electrons. The quantitative estimate of drug-likeness (QED) is 0.440. The zero-order valence-electron chi connectivity index (χ0n) is 17.4. The predicted octanol–water partition coefficient (Wildman–Crippen LogP) is 4.79. The molecule has 0 aliphatic carbocycles. The van der Waals surface area contributed by atoms with Gasteiger partial charge in [-0.3, -0.25) is 9.36 Å². The number of carbonyl (C=O) groups is 1. The van der Waals surface area contributed by atoms with Gasteiger partial charge in [0.25, 0.3) is 0 Å². The lowest BCUT2D eigenvalue weighted by molar-refractivity contribution is -0.146. The van der Waals surface area contributed by atoms with Gasteiger partial charge in [-0.05, 0) is 36.8 Å². The van der Waals surface area contributed by atoms with Crippen LogP contribution in [0.5, 0.6) is 0 Å². The number of alkyl halides is 3. The van der Waals surface area contributed by atoms with Crippen LogP contribution >= 0.6 is 0 Å². The third-order valence-electron chi connectivity index (χ3n) is 4.79. The number of benzene rings is 1. The number of hydrogen-bond acceptors (Lipinski definition) is 5. The molecule has 1 amide bonds. The third-order valence-corrected chi connectivity index (χ3v) is 4.79. The summed E-state index contributed by atoms with van der Waals surface area (Å²) in [5, 5.41) is 5.70. The standard InChI is InChI=1S/C23H19F3N6O/c1-15(21(33)31-19-9-7-17(13-28-19)16-5-3-2-4-6-16)30-18-8-10-20(29-14-18)32-12-11-27-22(32)23(24,25)26/h2-15,30H,1H3,(H,28,31,33). The van der Waals surface area contributed by atoms with E-state index in [1.807, 2.05) is 36.4 Å². The second-order valence-corrected chi connectivity index (χ2v) is 7.18. The predicted molar refractivity (Wildman–Crippen MR) is 118 cm³/mol. The molecule has 0 aliphatic heterocycles. The highest BCUT2D eigenvalue weighted by Crippen LogP contribution is 2.29. The SMILES string of the molecule is CC(Nc1ccc(-n2ccnc2C(F)(F)F)nc1)C(=O)Nc1ccc(-c2ccccc2)cn1. The Morgan fingerprint density at radius 3 is 2.36 bits per heavy atom. The Balaban J connectivity index is 1.38. The first kappa shape index (κ1) is 22.0. The van der Waals surface area contributed by atoms with E-state index in [0.717, 1.165) is 21.9 Å². The fourth-order valence-corrected chi connectivity index (χ4v) is 3.13. The minimum Gasteiger partial charge on any atom is -0.373 e. The molecule has 0 saturated heterocycles. The van der Waals surface area contributed by atoms with Gasteiger partial charge in [0.05, 0.1) is 11.9 Å². The van der Waals surface area contributed by atoms with E-state index < -0.39 is 18.0 Å². The van der Waals surface area contributed by atoms with Crippen LogP contribution in [0.25, 0.3) is 16.9 Å². The Kier molecular flexibility index (Phi) is 6.07. The Morgan fingerprint density at radius 2 is 1.73 bits per heavy atom. The first-order valence-electron chi connectivity index (χ1n) is 9.97. The van der Waals surface area contributed by atoms with E-state index in [1.54, 1.807) is 25.3 Å². The first-order valence-corrected chi connectivity index (χ1v) is 9.97. The topological polar surface area (TPSA) is 84.7 Å². The third kappa shape index (κ3) is 5.17. The molecule has 3 heterocycles. The van der Waals surface area contributed by atoms with Crippen molar-refractivity contribution in [1.82, 2.24) is 19.5 Å². The highest BCUT2D eigenvalue weighted by Gasteiger charge is 2.36. The van der Waals surface area contributed by atoms with Crippen LogP contribution in [0.15, 0.2) is 79.4 Å². The van der Waals surface area contributed by atoms with Crippen LogP contribution in [-0.2, 0) is 11.0 Å². The summed E-state index contributed by atoms with van der Waals surface area (Å²) in [6.45, 7) is 1.65. The van der Waals surface area contributed by atoms with Crippen molar-refractivity contribution in [2.45, 2.75) is 19.1 Å². The van der Waals surface area contributed by atoms with Crippen molar-refractivity contribution in [2.24, 2.45) is 0 Å². The molecule has 1 atom stereocenters. The lowest BCUT2D eigenvalue weighted by Crippen LogP contribution is -2.32. The number of carbonyl (C=O) groups excluding carboxylic acids is 1. The molecule has 0 saturated carbocycles. The highest BCUT2D eigenvalue weighted by molar-refractivity contribution is 5.95. The molecule has 2 N–H and O–H groups in total. The van der Waals surface area contributed by atoms with Crippen LogP contribution in [0.1, 0.15) is 12.7 Å². The normalized spacial score (nSPS) is 12.2. The fourth-order valence-electron chi connectivity index (χ4n) is 3.13. The minimum atomic E-state index is -4.60. The Hall–Kier alpha value is -4.21. The summed E-state index contributed by atoms with van der Waals surface area (Å²) < 4.78 is 39.9. The maximum absolute atomic E-state index is 13.0. The van der Waals surface area contributed by atoms with Gasteiger partial charge in [0, 0.05) is 24.2 Å². The minimum absolute atomic E-state index is 0.0604. The van der Waals surface area contributed by atoms with E-state index in [1.165, 1.54) is 18.5 Å². The van der Waals surface area contributed by atoms with Gasteiger partial charge in [0.1, 0.15) is 17.7 Å². The highest BCUT2D eigenvalue weighted by atomic mass is 19.4. The molecule has 0 bridgehead atoms. The Morgan fingerprint density at radius 1 is 0.939 bits per heavy atom. The fraction of sp³-hybridized carbons (Fsp3) is 0.130. The first-order chi connectivity index (χ1) is 15.8. The summed E-state index contributed by atoms with van der Waals surface area (Å²) in [6.07, 6.45) is 0.680. The van der Waals surface area contributed by atoms with E-state index in [4.69, 9.17) is 0 Å². The summed E-state index contributed by atoms with van der Waals surface area (Å²) in [6, 6.07) is 15.6. The van der Waals surface area contributed by atoms with Gasteiger partial charge in [0.2, 0.25) is 11.7 Å². The number of hydrogen-bond donors (Lipinski definition) is 2. The molecule has 7 nitrogen and oxygen atoms in total. The number of amides is 1. The molecule has 1 aromatic carbocycles. The lowest BCUT2D eigenvalue weighted by Gasteiger charge is -2.15. The van der Waals surface area contributed by atoms with Crippen molar-refractivity contribution >= 4 is 17.4 Å². The van der Waals surface area contributed by atoms with Crippen LogP contribution in [0, 0.1) is 0 Å². The zero-order chi connectivity index (χ0) is 23.4. The molecule has 0 fully saturated rings. The molecule has 10 heteroatoms. The van der Waals surface area contributed by atoms with Crippen LogP contribution in [0.2, 0.25) is 0 Å². The van der Waals surface area contributed by atoms with Crippen LogP contribution in [0.4, 0.5) is 24.7 Å². The number of nitrogens with one attached hydrogen (secondary N) is 2. The van der Waals surface area contributed by atoms with E-state index in [2.05, 4.69) is 25.6 Å². The average molecular weight is 452 g/mol. The van der Waals surface area contributed by atoms with Crippen molar-refractivity contribution in [1.29, 1.82) is 0 Å². The van der Waals surface area contributed by atoms with Gasteiger partial charge in [-0.2, -0.15) is 13.2 Å². The smallest absolute Gasteiger partial charge is 0.373 e. The van der Waals surface area contributed by atoms with Gasteiger partial charge < -0.3 is 10.6 Å². The molecule has 33 heavy (non-hydrogen) atoms. The Labute approximate surface area is 187 Å². The van der Waals surface area contributed by atoms with Gasteiger partial charge in [-0.15, -0.1) is 0 Å². The van der Waals surface area contributed by atoms with Gasteiger partial charge in [-0.25, -0.2) is 15.0 Å². The molecule has 4 rings (SSSR count). The van der Waals surface area contributed by atoms with Gasteiger partial charge in [0.15, 0.2) is 0 Å². The molecule has 3 aromatic heterocycles. The largest absolute Gasteiger partial charge is 0.450 e. The van der Waals surface area contributed by atoms with Crippen molar-refractivity contribution in [3.05, 3.63) is 85.2 Å². The van der Waals surface area contributed by atoms with E-state index in [9.17, 15) is 18.0 Å². The summed E-state index contributed by atoms with van der Waals surface area (Å²) in [7, 11) is 0.